The fraction of sp³-hybridized carbons (Fsp3) is 0.355. The van der Waals surface area contributed by atoms with Gasteiger partial charge in [-0.15, -0.1) is 0 Å². The predicted molar refractivity (Wildman–Crippen MR) is 169 cm³/mol. The molecule has 2 amide bonds. The summed E-state index contributed by atoms with van der Waals surface area (Å²) in [4.78, 5) is 28.9. The highest BCUT2D eigenvalue weighted by molar-refractivity contribution is 7.92. The molecule has 1 fully saturated rings. The Morgan fingerprint density at radius 2 is 1.60 bits per heavy atom. The van der Waals surface area contributed by atoms with Crippen molar-refractivity contribution >= 4 is 62.3 Å². The fourth-order valence-electron chi connectivity index (χ4n) is 5.03. The van der Waals surface area contributed by atoms with Gasteiger partial charge in [-0.1, -0.05) is 77.5 Å². The molecular formula is C31H34Cl3N3O4S. The SMILES string of the molecule is Cc1ccc(S(=O)(=O)N(CC(=O)N(Cc2ccc(Cl)c(Cl)c2)C(C)C(=O)NC2CCCC2)c2cccc(Cl)c2C)cc1. The van der Waals surface area contributed by atoms with E-state index in [1.165, 1.54) is 17.0 Å². The molecule has 0 heterocycles. The van der Waals surface area contributed by atoms with Crippen LogP contribution in [0.2, 0.25) is 15.1 Å². The van der Waals surface area contributed by atoms with Crippen LogP contribution < -0.4 is 9.62 Å². The number of amides is 2. The minimum absolute atomic E-state index is 0.0158. The molecule has 7 nitrogen and oxygen atoms in total. The van der Waals surface area contributed by atoms with Crippen LogP contribution in [0.1, 0.15) is 49.3 Å². The maximum atomic E-state index is 14.1. The molecule has 11 heteroatoms. The van der Waals surface area contributed by atoms with E-state index in [0.29, 0.717) is 26.2 Å². The lowest BCUT2D eigenvalue weighted by molar-refractivity contribution is -0.139. The van der Waals surface area contributed by atoms with Crippen molar-refractivity contribution in [2.24, 2.45) is 0 Å². The molecule has 0 radical (unpaired) electrons. The minimum Gasteiger partial charge on any atom is -0.352 e. The molecule has 0 aliphatic heterocycles. The van der Waals surface area contributed by atoms with Crippen molar-refractivity contribution in [2.75, 3.05) is 10.8 Å². The molecule has 0 saturated heterocycles. The number of nitrogens with zero attached hydrogens (tertiary/aromatic N) is 2. The highest BCUT2D eigenvalue weighted by Crippen LogP contribution is 2.32. The normalized spacial score (nSPS) is 14.4. The van der Waals surface area contributed by atoms with Gasteiger partial charge in [-0.2, -0.15) is 0 Å². The molecular weight excluding hydrogens is 617 g/mol. The molecule has 0 spiro atoms. The monoisotopic (exact) mass is 649 g/mol. The van der Waals surface area contributed by atoms with E-state index >= 15 is 0 Å². The Kier molecular flexibility index (Phi) is 10.5. The number of halogens is 3. The summed E-state index contributed by atoms with van der Waals surface area (Å²) in [6.45, 7) is 4.66. The lowest BCUT2D eigenvalue weighted by Crippen LogP contribution is -2.52. The molecule has 0 bridgehead atoms. The van der Waals surface area contributed by atoms with E-state index in [1.807, 2.05) is 6.92 Å². The Morgan fingerprint density at radius 3 is 2.24 bits per heavy atom. The Bertz CT molecular complexity index is 1560. The van der Waals surface area contributed by atoms with Crippen LogP contribution in [0.4, 0.5) is 5.69 Å². The second-order valence-electron chi connectivity index (χ2n) is 10.6. The summed E-state index contributed by atoms with van der Waals surface area (Å²) < 4.78 is 29.1. The van der Waals surface area contributed by atoms with E-state index in [0.717, 1.165) is 35.6 Å². The van der Waals surface area contributed by atoms with E-state index in [1.54, 1.807) is 62.4 Å². The fourth-order valence-corrected chi connectivity index (χ4v) is 6.99. The first kappa shape index (κ1) is 32.1. The standard InChI is InChI=1S/C31H34Cl3N3O4S/c1-20-11-14-25(15-12-20)42(40,41)37(29-10-6-9-26(32)21(29)2)19-30(38)36(18-23-13-16-27(33)28(34)17-23)22(3)31(39)35-24-7-4-5-8-24/h6,9-17,22,24H,4-5,7-8,18-19H2,1-3H3,(H,35,39). The van der Waals surface area contributed by atoms with Gasteiger partial charge in [0, 0.05) is 17.6 Å². The van der Waals surface area contributed by atoms with Crippen molar-refractivity contribution in [3.05, 3.63) is 92.4 Å². The minimum atomic E-state index is -4.20. The van der Waals surface area contributed by atoms with Crippen molar-refractivity contribution in [1.82, 2.24) is 10.2 Å². The van der Waals surface area contributed by atoms with E-state index < -0.39 is 28.5 Å². The zero-order chi connectivity index (χ0) is 30.6. The number of carbonyl (C=O) groups is 2. The van der Waals surface area contributed by atoms with E-state index in [9.17, 15) is 18.0 Å². The van der Waals surface area contributed by atoms with Crippen molar-refractivity contribution in [2.45, 2.75) is 70.0 Å². The number of sulfonamides is 1. The molecule has 1 aliphatic carbocycles. The van der Waals surface area contributed by atoms with E-state index in [-0.39, 0.29) is 29.1 Å². The summed E-state index contributed by atoms with van der Waals surface area (Å²) in [6, 6.07) is 15.4. The molecule has 3 aromatic rings. The largest absolute Gasteiger partial charge is 0.352 e. The van der Waals surface area contributed by atoms with Gasteiger partial charge in [-0.3, -0.25) is 13.9 Å². The van der Waals surface area contributed by atoms with E-state index in [4.69, 9.17) is 34.8 Å². The average molecular weight is 651 g/mol. The summed E-state index contributed by atoms with van der Waals surface area (Å²) in [6.07, 6.45) is 3.84. The van der Waals surface area contributed by atoms with Gasteiger partial charge in [0.1, 0.15) is 12.6 Å². The molecule has 1 aliphatic rings. The van der Waals surface area contributed by atoms with Crippen molar-refractivity contribution < 1.29 is 18.0 Å². The first-order valence-corrected chi connectivity index (χ1v) is 16.3. The second kappa shape index (κ2) is 13.7. The lowest BCUT2D eigenvalue weighted by Gasteiger charge is -2.33. The predicted octanol–water partition coefficient (Wildman–Crippen LogP) is 6.94. The van der Waals surface area contributed by atoms with Gasteiger partial charge in [0.2, 0.25) is 11.8 Å². The van der Waals surface area contributed by atoms with Crippen LogP contribution in [-0.2, 0) is 26.2 Å². The number of anilines is 1. The smallest absolute Gasteiger partial charge is 0.264 e. The van der Waals surface area contributed by atoms with Gasteiger partial charge in [0.15, 0.2) is 0 Å². The molecule has 0 aromatic heterocycles. The number of rotatable bonds is 10. The topological polar surface area (TPSA) is 86.8 Å². The Labute approximate surface area is 262 Å². The van der Waals surface area contributed by atoms with Crippen LogP contribution in [-0.4, -0.2) is 43.8 Å². The first-order valence-electron chi connectivity index (χ1n) is 13.8. The molecule has 1 unspecified atom stereocenters. The second-order valence-corrected chi connectivity index (χ2v) is 13.7. The molecule has 42 heavy (non-hydrogen) atoms. The highest BCUT2D eigenvalue weighted by Gasteiger charge is 2.34. The van der Waals surface area contributed by atoms with Gasteiger partial charge in [-0.05, 0) is 81.1 Å². The lowest BCUT2D eigenvalue weighted by atomic mass is 10.1. The van der Waals surface area contributed by atoms with Crippen LogP contribution in [0.5, 0.6) is 0 Å². The summed E-state index contributed by atoms with van der Waals surface area (Å²) >= 11 is 18.8. The number of aryl methyl sites for hydroxylation is 1. The Hall–Kier alpha value is -2.78. The average Bonchev–Trinajstić information content (AvgIpc) is 3.46. The maximum Gasteiger partial charge on any atom is 0.264 e. The zero-order valence-electron chi connectivity index (χ0n) is 23.7. The number of nitrogens with one attached hydrogen (secondary N) is 1. The molecule has 1 N–H and O–H groups in total. The molecule has 3 aromatic carbocycles. The van der Waals surface area contributed by atoms with Crippen LogP contribution in [0.15, 0.2) is 65.6 Å². The molecule has 224 valence electrons. The summed E-state index contributed by atoms with van der Waals surface area (Å²) in [7, 11) is -4.20. The molecule has 1 atom stereocenters. The van der Waals surface area contributed by atoms with Crippen LogP contribution in [0.25, 0.3) is 0 Å². The summed E-state index contributed by atoms with van der Waals surface area (Å²) in [5.41, 5.74) is 2.32. The summed E-state index contributed by atoms with van der Waals surface area (Å²) in [5.74, 6) is -0.868. The van der Waals surface area contributed by atoms with Gasteiger partial charge in [-0.25, -0.2) is 8.42 Å². The third-order valence-corrected chi connectivity index (χ3v) is 10.5. The van der Waals surface area contributed by atoms with Crippen molar-refractivity contribution in [1.29, 1.82) is 0 Å². The van der Waals surface area contributed by atoms with Gasteiger partial charge >= 0.3 is 0 Å². The summed E-state index contributed by atoms with van der Waals surface area (Å²) in [5, 5.41) is 4.08. The first-order chi connectivity index (χ1) is 19.9. The molecule has 4 rings (SSSR count). The zero-order valence-corrected chi connectivity index (χ0v) is 26.8. The van der Waals surface area contributed by atoms with Crippen LogP contribution in [0.3, 0.4) is 0 Å². The quantitative estimate of drug-likeness (QED) is 0.258. The number of benzene rings is 3. The number of hydrogen-bond acceptors (Lipinski definition) is 4. The number of hydrogen-bond donors (Lipinski definition) is 1. The third kappa shape index (κ3) is 7.40. The van der Waals surface area contributed by atoms with Gasteiger partial charge in [0.05, 0.1) is 20.6 Å². The third-order valence-electron chi connectivity index (χ3n) is 7.60. The van der Waals surface area contributed by atoms with Crippen LogP contribution >= 0.6 is 34.8 Å². The Balaban J connectivity index is 1.73. The van der Waals surface area contributed by atoms with Gasteiger partial charge < -0.3 is 10.2 Å². The molecule has 1 saturated carbocycles. The van der Waals surface area contributed by atoms with Crippen LogP contribution in [0, 0.1) is 13.8 Å². The number of carbonyl (C=O) groups excluding carboxylic acids is 2. The Morgan fingerprint density at radius 1 is 0.929 bits per heavy atom. The van der Waals surface area contributed by atoms with Gasteiger partial charge in [0.25, 0.3) is 10.0 Å². The van der Waals surface area contributed by atoms with E-state index in [2.05, 4.69) is 5.32 Å². The maximum absolute atomic E-state index is 14.1. The van der Waals surface area contributed by atoms with Crippen molar-refractivity contribution in [3.8, 4) is 0 Å². The highest BCUT2D eigenvalue weighted by atomic mass is 35.5. The van der Waals surface area contributed by atoms with Crippen molar-refractivity contribution in [3.63, 3.8) is 0 Å².